The van der Waals surface area contributed by atoms with Crippen LogP contribution >= 0.6 is 0 Å². The Morgan fingerprint density at radius 3 is 1.08 bits per heavy atom. The van der Waals surface area contributed by atoms with Crippen molar-refractivity contribution < 1.29 is 37.1 Å². The second-order valence-corrected chi connectivity index (χ2v) is 5.09. The Morgan fingerprint density at radius 2 is 1.08 bits per heavy atom. The number of rotatable bonds is 0. The van der Waals surface area contributed by atoms with E-state index in [2.05, 4.69) is 0 Å². The standard InChI is InChI=1S/C2HF3O2.5FH.Sb/c3-2(4,5)1(6)7;;;;;;/h(H,6,7);5*1H;/q;;;;;;+5/p-5. The Balaban J connectivity index is 0. The van der Waals surface area contributed by atoms with Gasteiger partial charge < -0.3 is 5.11 Å². The topological polar surface area (TPSA) is 37.3 Å². The number of carboxylic acid groups (broad SMARTS) is 1. The first-order valence-corrected chi connectivity index (χ1v) is 6.91. The SMILES string of the molecule is O=C(O)C(F)(F)F.[F][Sb]([F])([F])([F])[F]. The molecule has 0 radical (unpaired) electrons. The van der Waals surface area contributed by atoms with Crippen LogP contribution in [0.3, 0.4) is 0 Å². The summed E-state index contributed by atoms with van der Waals surface area (Å²) < 4.78 is 81.3. The van der Waals surface area contributed by atoms with E-state index >= 15 is 0 Å². The van der Waals surface area contributed by atoms with Crippen LogP contribution in [0.25, 0.3) is 0 Å². The number of aliphatic carboxylic acids is 1. The molecule has 11 heteroatoms. The second-order valence-electron chi connectivity index (χ2n) is 1.44. The van der Waals surface area contributed by atoms with Crippen molar-refractivity contribution in [3.05, 3.63) is 0 Å². The van der Waals surface area contributed by atoms with Crippen molar-refractivity contribution in [3.8, 4) is 0 Å². The summed E-state index contributed by atoms with van der Waals surface area (Å²) >= 11 is -9.19. The zero-order valence-corrected chi connectivity index (χ0v) is 7.88. The van der Waals surface area contributed by atoms with Crippen molar-refractivity contribution in [2.24, 2.45) is 0 Å². The summed E-state index contributed by atoms with van der Waals surface area (Å²) in [4.78, 5) is 8.90. The van der Waals surface area contributed by atoms with Crippen molar-refractivity contribution in [1.29, 1.82) is 0 Å². The predicted octanol–water partition coefficient (Wildman–Crippen LogP) is 2.35. The molecule has 0 spiro atoms. The molecule has 0 saturated heterocycles. The van der Waals surface area contributed by atoms with Crippen LogP contribution in [-0.4, -0.2) is 37.6 Å². The van der Waals surface area contributed by atoms with Gasteiger partial charge in [0.2, 0.25) is 0 Å². The van der Waals surface area contributed by atoms with Crippen LogP contribution in [0.4, 0.5) is 27.2 Å². The summed E-state index contributed by atoms with van der Waals surface area (Å²) in [6.45, 7) is 0. The van der Waals surface area contributed by atoms with E-state index in [0.717, 1.165) is 0 Å². The molecule has 0 fully saturated rings. The van der Waals surface area contributed by atoms with E-state index in [1.165, 1.54) is 0 Å². The molecule has 0 amide bonds. The van der Waals surface area contributed by atoms with Crippen LogP contribution in [0.15, 0.2) is 0 Å². The van der Waals surface area contributed by atoms with Gasteiger partial charge in [0.1, 0.15) is 0 Å². The maximum atomic E-state index is 10.6. The predicted molar refractivity (Wildman–Crippen MR) is 25.0 cm³/mol. The van der Waals surface area contributed by atoms with E-state index < -0.39 is 32.4 Å². The second kappa shape index (κ2) is 3.85. The van der Waals surface area contributed by atoms with E-state index in [-0.39, 0.29) is 0 Å². The zero-order chi connectivity index (χ0) is 11.5. The molecule has 1 N–H and O–H groups in total. The summed E-state index contributed by atoms with van der Waals surface area (Å²) in [6.07, 6.45) is -5.08. The van der Waals surface area contributed by atoms with Crippen LogP contribution in [0, 0.1) is 0 Å². The molecular formula is C2HF8O2Sb. The molecular weight excluding hydrogens is 330 g/mol. The van der Waals surface area contributed by atoms with Crippen LogP contribution < -0.4 is 0 Å². The van der Waals surface area contributed by atoms with E-state index in [4.69, 9.17) is 9.90 Å². The summed E-state index contributed by atoms with van der Waals surface area (Å²) in [5, 5.41) is 7.12. The number of carboxylic acids is 1. The Kier molecular flexibility index (Phi) is 4.50. The third kappa shape index (κ3) is 33.8. The monoisotopic (exact) mass is 330 g/mol. The molecule has 0 atom stereocenters. The van der Waals surface area contributed by atoms with Gasteiger partial charge in [-0.15, -0.1) is 0 Å². The van der Waals surface area contributed by atoms with Gasteiger partial charge in [0.25, 0.3) is 0 Å². The molecule has 0 aliphatic rings. The van der Waals surface area contributed by atoms with Gasteiger partial charge in [-0.2, -0.15) is 13.2 Å². The molecule has 82 valence electrons. The fraction of sp³-hybridized carbons (Fsp3) is 0.500. The van der Waals surface area contributed by atoms with E-state index in [1.807, 2.05) is 0 Å². The summed E-state index contributed by atoms with van der Waals surface area (Å²) in [7, 11) is 0. The van der Waals surface area contributed by atoms with Crippen LogP contribution in [0.2, 0.25) is 0 Å². The molecule has 0 rings (SSSR count). The van der Waals surface area contributed by atoms with E-state index in [1.54, 1.807) is 0 Å². The molecule has 0 aromatic heterocycles. The number of carbonyl (C=O) groups is 1. The quantitative estimate of drug-likeness (QED) is 0.547. The van der Waals surface area contributed by atoms with Crippen molar-refractivity contribution in [3.63, 3.8) is 0 Å². The number of hydrogen-bond acceptors (Lipinski definition) is 1. The first kappa shape index (κ1) is 15.2. The average molecular weight is 331 g/mol. The molecule has 0 aromatic rings. The summed E-state index contributed by atoms with van der Waals surface area (Å²) in [5.74, 6) is -2.76. The van der Waals surface area contributed by atoms with Gasteiger partial charge in [0.05, 0.1) is 0 Å². The Hall–Kier alpha value is -0.272. The number of hydrogen-bond donors (Lipinski definition) is 1. The zero-order valence-electron chi connectivity index (χ0n) is 5.33. The minimum absolute atomic E-state index is 2.76. The van der Waals surface area contributed by atoms with Crippen molar-refractivity contribution >= 4 is 26.3 Å². The third-order valence-electron chi connectivity index (χ3n) is 0.243. The normalized spacial score (nSPS) is 14.9. The Bertz CT molecular complexity index is 170. The molecule has 2 nitrogen and oxygen atoms in total. The van der Waals surface area contributed by atoms with Gasteiger partial charge in [-0.1, -0.05) is 0 Å². The maximum absolute atomic E-state index is 10.6. The van der Waals surface area contributed by atoms with Crippen molar-refractivity contribution in [1.82, 2.24) is 0 Å². The fourth-order valence-electron chi connectivity index (χ4n) is 0. The van der Waals surface area contributed by atoms with Gasteiger partial charge >= 0.3 is 46.5 Å². The van der Waals surface area contributed by atoms with Gasteiger partial charge in [0.15, 0.2) is 0 Å². The van der Waals surface area contributed by atoms with E-state index in [0.29, 0.717) is 0 Å². The van der Waals surface area contributed by atoms with Crippen molar-refractivity contribution in [2.75, 3.05) is 0 Å². The Morgan fingerprint density at radius 1 is 1.00 bits per heavy atom. The van der Waals surface area contributed by atoms with E-state index in [9.17, 15) is 27.2 Å². The first-order valence-electron chi connectivity index (χ1n) is 2.09. The Labute approximate surface area is 70.2 Å². The summed E-state index contributed by atoms with van der Waals surface area (Å²) in [6, 6.07) is 0. The molecule has 0 bridgehead atoms. The fourth-order valence-corrected chi connectivity index (χ4v) is 0. The molecule has 0 aliphatic heterocycles. The van der Waals surface area contributed by atoms with Gasteiger partial charge in [0, 0.05) is 0 Å². The number of alkyl halides is 3. The third-order valence-corrected chi connectivity index (χ3v) is 0.243. The number of halogens is 8. The molecule has 0 aliphatic carbocycles. The molecule has 0 heterocycles. The van der Waals surface area contributed by atoms with Crippen LogP contribution in [-0.2, 0) is 4.79 Å². The minimum atomic E-state index is -9.19. The van der Waals surface area contributed by atoms with Gasteiger partial charge in [-0.05, 0) is 0 Å². The summed E-state index contributed by atoms with van der Waals surface area (Å²) in [5.41, 5.74) is 0. The van der Waals surface area contributed by atoms with Crippen LogP contribution in [0.5, 0.6) is 0 Å². The van der Waals surface area contributed by atoms with Crippen molar-refractivity contribution in [2.45, 2.75) is 6.18 Å². The molecule has 0 unspecified atom stereocenters. The molecule has 0 saturated carbocycles. The van der Waals surface area contributed by atoms with Gasteiger partial charge in [-0.3, -0.25) is 0 Å². The molecule has 0 aromatic carbocycles. The first-order chi connectivity index (χ1) is 5.18. The molecule has 13 heavy (non-hydrogen) atoms. The van der Waals surface area contributed by atoms with Gasteiger partial charge in [-0.25, -0.2) is 4.79 Å². The average Bonchev–Trinajstić information content (AvgIpc) is 1.52. The van der Waals surface area contributed by atoms with Crippen LogP contribution in [0.1, 0.15) is 0 Å².